The second-order valence-electron chi connectivity index (χ2n) is 6.47. The maximum Gasteiger partial charge on any atom is 0.191 e. The van der Waals surface area contributed by atoms with E-state index in [1.165, 1.54) is 5.56 Å². The fourth-order valence-electron chi connectivity index (χ4n) is 3.15. The molecule has 28 heavy (non-hydrogen) atoms. The van der Waals surface area contributed by atoms with Crippen molar-refractivity contribution in [2.45, 2.75) is 25.9 Å². The lowest BCUT2D eigenvalue weighted by molar-refractivity contribution is 0.394. The van der Waals surface area contributed by atoms with Gasteiger partial charge in [-0.25, -0.2) is 4.99 Å². The molecule has 3 rings (SSSR count). The van der Waals surface area contributed by atoms with Gasteiger partial charge in [0.15, 0.2) is 5.96 Å². The Hall–Kier alpha value is -1.68. The fraction of sp³-hybridized carbons (Fsp3) is 0.450. The Morgan fingerprint density at radius 2 is 2.00 bits per heavy atom. The van der Waals surface area contributed by atoms with Crippen LogP contribution in [-0.2, 0) is 6.54 Å². The van der Waals surface area contributed by atoms with Crippen LogP contribution in [0.1, 0.15) is 18.9 Å². The number of benzene rings is 1. The largest absolute Gasteiger partial charge is 0.497 e. The number of methoxy groups -OCH3 is 2. The van der Waals surface area contributed by atoms with Crippen LogP contribution in [0.25, 0.3) is 0 Å². The summed E-state index contributed by atoms with van der Waals surface area (Å²) in [4.78, 5) is 7.07. The molecule has 1 aromatic carbocycles. The van der Waals surface area contributed by atoms with Gasteiger partial charge in [0.05, 0.1) is 20.8 Å². The Morgan fingerprint density at radius 3 is 2.61 bits per heavy atom. The van der Waals surface area contributed by atoms with Crippen LogP contribution in [0, 0.1) is 0 Å². The summed E-state index contributed by atoms with van der Waals surface area (Å²) in [7, 11) is 3.36. The first-order chi connectivity index (χ1) is 13.2. The number of ether oxygens (including phenoxy) is 2. The summed E-state index contributed by atoms with van der Waals surface area (Å²) in [5, 5.41) is 11.1. The van der Waals surface area contributed by atoms with Gasteiger partial charge in [-0.05, 0) is 35.7 Å². The molecule has 1 saturated heterocycles. The molecule has 0 bridgehead atoms. The van der Waals surface area contributed by atoms with E-state index in [-0.39, 0.29) is 24.0 Å². The van der Waals surface area contributed by atoms with E-state index in [1.54, 1.807) is 25.6 Å². The van der Waals surface area contributed by atoms with Crippen molar-refractivity contribution >= 4 is 47.0 Å². The van der Waals surface area contributed by atoms with E-state index in [0.717, 1.165) is 49.2 Å². The predicted octanol–water partition coefficient (Wildman–Crippen LogP) is 3.72. The third-order valence-corrected chi connectivity index (χ3v) is 5.31. The lowest BCUT2D eigenvalue weighted by Gasteiger charge is -2.21. The van der Waals surface area contributed by atoms with Gasteiger partial charge in [-0.15, -0.1) is 24.0 Å². The van der Waals surface area contributed by atoms with Crippen LogP contribution in [0.5, 0.6) is 11.5 Å². The number of aliphatic imine (C=N–C) groups is 1. The Morgan fingerprint density at radius 1 is 1.25 bits per heavy atom. The first-order valence-corrected chi connectivity index (χ1v) is 10.2. The number of hydrogen-bond acceptors (Lipinski definition) is 5. The Kier molecular flexibility index (Phi) is 9.17. The van der Waals surface area contributed by atoms with E-state index in [1.807, 2.05) is 6.07 Å². The zero-order valence-corrected chi connectivity index (χ0v) is 19.8. The molecule has 154 valence electrons. The average molecular weight is 516 g/mol. The first-order valence-electron chi connectivity index (χ1n) is 9.25. The van der Waals surface area contributed by atoms with E-state index in [9.17, 15) is 0 Å². The zero-order chi connectivity index (χ0) is 19.1. The summed E-state index contributed by atoms with van der Waals surface area (Å²) < 4.78 is 10.8. The molecule has 1 fully saturated rings. The number of nitrogens with zero attached hydrogens (tertiary/aromatic N) is 2. The average Bonchev–Trinajstić information content (AvgIpc) is 3.38. The Bertz CT molecular complexity index is 732. The molecule has 2 aromatic rings. The van der Waals surface area contributed by atoms with E-state index >= 15 is 0 Å². The SMILES string of the molecule is CCNC(=NCc1ccsc1)NC1CCN(c2cc(OC)cc(OC)c2)C1.I. The lowest BCUT2D eigenvalue weighted by Crippen LogP contribution is -2.44. The topological polar surface area (TPSA) is 58.1 Å². The molecule has 0 radical (unpaired) electrons. The summed E-state index contributed by atoms with van der Waals surface area (Å²) in [5.41, 5.74) is 2.37. The number of rotatable bonds is 7. The molecular formula is C20H29IN4O2S. The standard InChI is InChI=1S/C20H28N4O2S.HI/c1-4-21-20(22-12-15-6-8-27-14-15)23-16-5-7-24(13-16)17-9-18(25-2)11-19(10-17)26-3;/h6,8-11,14,16H,4-5,7,12-13H2,1-3H3,(H2,21,22,23);1H. The number of guanidine groups is 1. The van der Waals surface area contributed by atoms with Crippen molar-refractivity contribution in [3.8, 4) is 11.5 Å². The summed E-state index contributed by atoms with van der Waals surface area (Å²) in [6, 6.07) is 8.48. The minimum atomic E-state index is 0. The van der Waals surface area contributed by atoms with E-state index in [0.29, 0.717) is 12.6 Å². The maximum absolute atomic E-state index is 5.40. The van der Waals surface area contributed by atoms with E-state index < -0.39 is 0 Å². The van der Waals surface area contributed by atoms with Gasteiger partial charge in [0.1, 0.15) is 11.5 Å². The van der Waals surface area contributed by atoms with Gasteiger partial charge in [-0.1, -0.05) is 0 Å². The van der Waals surface area contributed by atoms with Gasteiger partial charge in [-0.2, -0.15) is 11.3 Å². The highest BCUT2D eigenvalue weighted by Gasteiger charge is 2.24. The molecule has 1 aromatic heterocycles. The van der Waals surface area contributed by atoms with Crippen molar-refractivity contribution in [1.82, 2.24) is 10.6 Å². The quantitative estimate of drug-likeness (QED) is 0.334. The van der Waals surface area contributed by atoms with Gasteiger partial charge in [0.2, 0.25) is 0 Å². The minimum absolute atomic E-state index is 0. The molecule has 0 saturated carbocycles. The summed E-state index contributed by atoms with van der Waals surface area (Å²) in [5.74, 6) is 2.50. The van der Waals surface area contributed by atoms with Crippen molar-refractivity contribution in [1.29, 1.82) is 0 Å². The molecule has 8 heteroatoms. The number of anilines is 1. The molecule has 2 N–H and O–H groups in total. The minimum Gasteiger partial charge on any atom is -0.497 e. The Labute approximate surface area is 188 Å². The van der Waals surface area contributed by atoms with Gasteiger partial charge >= 0.3 is 0 Å². The van der Waals surface area contributed by atoms with Crippen molar-refractivity contribution in [2.24, 2.45) is 4.99 Å². The number of hydrogen-bond donors (Lipinski definition) is 2. The molecule has 1 atom stereocenters. The molecule has 1 unspecified atom stereocenters. The van der Waals surface area contributed by atoms with Gasteiger partial charge in [0.25, 0.3) is 0 Å². The predicted molar refractivity (Wildman–Crippen MR) is 128 cm³/mol. The molecule has 0 aliphatic carbocycles. The van der Waals surface area contributed by atoms with Crippen LogP contribution < -0.4 is 25.0 Å². The first kappa shape index (κ1) is 22.6. The van der Waals surface area contributed by atoms with Crippen LogP contribution in [0.4, 0.5) is 5.69 Å². The third-order valence-electron chi connectivity index (χ3n) is 4.57. The highest BCUT2D eigenvalue weighted by Crippen LogP contribution is 2.30. The summed E-state index contributed by atoms with van der Waals surface area (Å²) in [6.45, 7) is 5.53. The molecule has 2 heterocycles. The molecule has 0 amide bonds. The molecule has 1 aliphatic heterocycles. The second-order valence-corrected chi connectivity index (χ2v) is 7.25. The smallest absolute Gasteiger partial charge is 0.191 e. The zero-order valence-electron chi connectivity index (χ0n) is 16.6. The van der Waals surface area contributed by atoms with Crippen LogP contribution >= 0.6 is 35.3 Å². The second kappa shape index (κ2) is 11.4. The number of nitrogens with one attached hydrogen (secondary N) is 2. The van der Waals surface area contributed by atoms with Gasteiger partial charge < -0.3 is 25.0 Å². The normalized spacial score (nSPS) is 16.5. The van der Waals surface area contributed by atoms with Crippen LogP contribution in [-0.4, -0.2) is 45.9 Å². The summed E-state index contributed by atoms with van der Waals surface area (Å²) >= 11 is 1.70. The highest BCUT2D eigenvalue weighted by atomic mass is 127. The number of halogens is 1. The molecule has 1 aliphatic rings. The van der Waals surface area contributed by atoms with Crippen LogP contribution in [0.15, 0.2) is 40.0 Å². The highest BCUT2D eigenvalue weighted by molar-refractivity contribution is 14.0. The molecule has 0 spiro atoms. The van der Waals surface area contributed by atoms with Crippen molar-refractivity contribution in [3.63, 3.8) is 0 Å². The fourth-order valence-corrected chi connectivity index (χ4v) is 3.81. The van der Waals surface area contributed by atoms with Crippen molar-refractivity contribution in [2.75, 3.05) is 38.8 Å². The van der Waals surface area contributed by atoms with Gasteiger partial charge in [0, 0.05) is 49.6 Å². The van der Waals surface area contributed by atoms with Crippen LogP contribution in [0.3, 0.4) is 0 Å². The summed E-state index contributed by atoms with van der Waals surface area (Å²) in [6.07, 6.45) is 1.06. The van der Waals surface area contributed by atoms with Crippen LogP contribution in [0.2, 0.25) is 0 Å². The monoisotopic (exact) mass is 516 g/mol. The van der Waals surface area contributed by atoms with E-state index in [2.05, 4.69) is 51.4 Å². The number of thiophene rings is 1. The van der Waals surface area contributed by atoms with E-state index in [4.69, 9.17) is 14.5 Å². The van der Waals surface area contributed by atoms with Crippen molar-refractivity contribution < 1.29 is 9.47 Å². The van der Waals surface area contributed by atoms with Crippen molar-refractivity contribution in [3.05, 3.63) is 40.6 Å². The van der Waals surface area contributed by atoms with Gasteiger partial charge in [-0.3, -0.25) is 0 Å². The molecule has 6 nitrogen and oxygen atoms in total. The third kappa shape index (κ3) is 6.16. The Balaban J connectivity index is 0.00000280. The lowest BCUT2D eigenvalue weighted by atomic mass is 10.2. The maximum atomic E-state index is 5.40. The molecular weight excluding hydrogens is 487 g/mol.